The summed E-state index contributed by atoms with van der Waals surface area (Å²) in [7, 11) is 0. The quantitative estimate of drug-likeness (QED) is 0.475. The Morgan fingerprint density at radius 3 is 2.69 bits per heavy atom. The number of aromatic nitrogens is 2. The molecule has 0 aliphatic carbocycles. The fourth-order valence-electron chi connectivity index (χ4n) is 4.49. The number of benzene rings is 2. The maximum atomic E-state index is 13.3. The van der Waals surface area contributed by atoms with Gasteiger partial charge in [0.15, 0.2) is 0 Å². The number of carbonyl (C=O) groups is 2. The van der Waals surface area contributed by atoms with Gasteiger partial charge in [0, 0.05) is 13.1 Å². The molecule has 4 rings (SSSR count). The second-order valence-electron chi connectivity index (χ2n) is 8.98. The van der Waals surface area contributed by atoms with Crippen molar-refractivity contribution >= 4 is 22.8 Å². The maximum absolute atomic E-state index is 13.3. The lowest BCUT2D eigenvalue weighted by atomic mass is 9.93. The lowest BCUT2D eigenvalue weighted by Gasteiger charge is -2.33. The molecule has 35 heavy (non-hydrogen) atoms. The number of nitrogens with one attached hydrogen (secondary N) is 2. The minimum absolute atomic E-state index is 0.0635. The number of halogens is 2. The molecule has 2 amide bonds. The van der Waals surface area contributed by atoms with Gasteiger partial charge in [-0.3, -0.25) is 9.59 Å². The molecular formula is C26H30F2N4O3. The molecule has 0 bridgehead atoms. The van der Waals surface area contributed by atoms with E-state index in [2.05, 4.69) is 33.9 Å². The molecule has 0 spiro atoms. The summed E-state index contributed by atoms with van der Waals surface area (Å²) in [6, 6.07) is 13.4. The van der Waals surface area contributed by atoms with Gasteiger partial charge in [0.1, 0.15) is 11.6 Å². The fourth-order valence-corrected chi connectivity index (χ4v) is 4.49. The molecule has 0 radical (unpaired) electrons. The predicted octanol–water partition coefficient (Wildman–Crippen LogP) is 4.92. The smallest absolute Gasteiger partial charge is 0.387 e. The standard InChI is InChI=1S/C26H30F2N4O3/c1-3-16(2)22(23-29-19-11-5-6-12-20(19)30-23)31-24(33)17-9-8-14-32(15-17)25(34)18-10-4-7-13-21(18)35-26(27)28/h4-7,10-13,16-17,22,26H,3,8-9,14-15H2,1-2H3,(H,29,30)(H,31,33). The number of amides is 2. The van der Waals surface area contributed by atoms with Crippen LogP contribution in [0.4, 0.5) is 8.78 Å². The van der Waals surface area contributed by atoms with Gasteiger partial charge < -0.3 is 19.9 Å². The second-order valence-corrected chi connectivity index (χ2v) is 8.98. The number of ether oxygens (including phenoxy) is 1. The van der Waals surface area contributed by atoms with Crippen LogP contribution in [0.5, 0.6) is 5.75 Å². The number of nitrogens with zero attached hydrogens (tertiary/aromatic N) is 2. The van der Waals surface area contributed by atoms with Crippen LogP contribution in [-0.2, 0) is 4.79 Å². The number of likely N-dealkylation sites (tertiary alicyclic amines) is 1. The van der Waals surface area contributed by atoms with E-state index in [1.165, 1.54) is 18.2 Å². The maximum Gasteiger partial charge on any atom is 0.387 e. The monoisotopic (exact) mass is 484 g/mol. The summed E-state index contributed by atoms with van der Waals surface area (Å²) in [5.74, 6) is -0.303. The summed E-state index contributed by atoms with van der Waals surface area (Å²) < 4.78 is 30.1. The zero-order valence-corrected chi connectivity index (χ0v) is 19.8. The number of rotatable bonds is 8. The first-order valence-corrected chi connectivity index (χ1v) is 12.0. The van der Waals surface area contributed by atoms with Gasteiger partial charge in [-0.05, 0) is 43.0 Å². The van der Waals surface area contributed by atoms with Crippen molar-refractivity contribution in [2.24, 2.45) is 11.8 Å². The number of hydrogen-bond acceptors (Lipinski definition) is 4. The number of alkyl halides is 2. The molecule has 3 atom stereocenters. The number of aromatic amines is 1. The third-order valence-electron chi connectivity index (χ3n) is 6.63. The Labute approximate surface area is 202 Å². The van der Waals surface area contributed by atoms with Gasteiger partial charge in [0.05, 0.1) is 28.6 Å². The molecule has 3 aromatic rings. The van der Waals surface area contributed by atoms with E-state index in [9.17, 15) is 18.4 Å². The Bertz CT molecular complexity index is 1150. The van der Waals surface area contributed by atoms with E-state index in [1.54, 1.807) is 11.0 Å². The number of para-hydroxylation sites is 3. The van der Waals surface area contributed by atoms with E-state index >= 15 is 0 Å². The van der Waals surface area contributed by atoms with E-state index in [-0.39, 0.29) is 35.7 Å². The lowest BCUT2D eigenvalue weighted by molar-refractivity contribution is -0.127. The first-order chi connectivity index (χ1) is 16.9. The van der Waals surface area contributed by atoms with E-state index in [4.69, 9.17) is 0 Å². The van der Waals surface area contributed by atoms with Crippen LogP contribution >= 0.6 is 0 Å². The lowest BCUT2D eigenvalue weighted by Crippen LogP contribution is -2.47. The third kappa shape index (κ3) is 5.61. The average Bonchev–Trinajstić information content (AvgIpc) is 3.30. The fraction of sp³-hybridized carbons (Fsp3) is 0.423. The molecule has 0 saturated carbocycles. The van der Waals surface area contributed by atoms with E-state index in [1.807, 2.05) is 24.3 Å². The normalized spacial score (nSPS) is 17.9. The van der Waals surface area contributed by atoms with Crippen molar-refractivity contribution < 1.29 is 23.1 Å². The summed E-state index contributed by atoms with van der Waals surface area (Å²) in [6.07, 6.45) is 2.12. The van der Waals surface area contributed by atoms with Crippen LogP contribution in [-0.4, -0.2) is 46.4 Å². The molecule has 1 aliphatic rings. The van der Waals surface area contributed by atoms with Gasteiger partial charge >= 0.3 is 6.61 Å². The highest BCUT2D eigenvalue weighted by Crippen LogP contribution is 2.28. The van der Waals surface area contributed by atoms with Crippen molar-refractivity contribution in [1.82, 2.24) is 20.2 Å². The SMILES string of the molecule is CCC(C)C(NC(=O)C1CCCN(C(=O)c2ccccc2OC(F)F)C1)c1nc2ccccc2[nH]1. The van der Waals surface area contributed by atoms with Crippen LogP contribution in [0.1, 0.15) is 55.3 Å². The summed E-state index contributed by atoms with van der Waals surface area (Å²) >= 11 is 0. The Hall–Kier alpha value is -3.49. The highest BCUT2D eigenvalue weighted by molar-refractivity contribution is 5.97. The van der Waals surface area contributed by atoms with Crippen molar-refractivity contribution in [3.63, 3.8) is 0 Å². The van der Waals surface area contributed by atoms with Gasteiger partial charge in [0.2, 0.25) is 5.91 Å². The predicted molar refractivity (Wildman–Crippen MR) is 128 cm³/mol. The molecule has 7 nitrogen and oxygen atoms in total. The molecule has 1 fully saturated rings. The van der Waals surface area contributed by atoms with Crippen LogP contribution in [0.15, 0.2) is 48.5 Å². The van der Waals surface area contributed by atoms with Gasteiger partial charge in [0.25, 0.3) is 5.91 Å². The molecule has 1 aliphatic heterocycles. The summed E-state index contributed by atoms with van der Waals surface area (Å²) in [4.78, 5) is 36.0. The number of H-pyrrole nitrogens is 1. The molecule has 2 heterocycles. The van der Waals surface area contributed by atoms with Crippen LogP contribution in [0.25, 0.3) is 11.0 Å². The molecular weight excluding hydrogens is 454 g/mol. The molecule has 2 N–H and O–H groups in total. The van der Waals surface area contributed by atoms with Crippen molar-refractivity contribution in [3.8, 4) is 5.75 Å². The summed E-state index contributed by atoms with van der Waals surface area (Å²) in [5.41, 5.74) is 1.81. The molecule has 9 heteroatoms. The number of carbonyl (C=O) groups excluding carboxylic acids is 2. The van der Waals surface area contributed by atoms with E-state index in [0.29, 0.717) is 25.2 Å². The van der Waals surface area contributed by atoms with E-state index in [0.717, 1.165) is 17.5 Å². The van der Waals surface area contributed by atoms with Crippen molar-refractivity contribution in [1.29, 1.82) is 0 Å². The van der Waals surface area contributed by atoms with Gasteiger partial charge in [-0.1, -0.05) is 44.5 Å². The van der Waals surface area contributed by atoms with Crippen molar-refractivity contribution in [2.75, 3.05) is 13.1 Å². The molecule has 1 aromatic heterocycles. The first-order valence-electron chi connectivity index (χ1n) is 12.0. The molecule has 2 aromatic carbocycles. The van der Waals surface area contributed by atoms with Crippen molar-refractivity contribution in [3.05, 3.63) is 59.9 Å². The minimum atomic E-state index is -3.03. The van der Waals surface area contributed by atoms with Gasteiger partial charge in [-0.2, -0.15) is 8.78 Å². The zero-order chi connectivity index (χ0) is 24.9. The van der Waals surface area contributed by atoms with Crippen LogP contribution in [0.3, 0.4) is 0 Å². The molecule has 186 valence electrons. The Kier molecular flexibility index (Phi) is 7.63. The van der Waals surface area contributed by atoms with Crippen LogP contribution in [0, 0.1) is 11.8 Å². The number of imidazole rings is 1. The topological polar surface area (TPSA) is 87.3 Å². The largest absolute Gasteiger partial charge is 0.434 e. The molecule has 3 unspecified atom stereocenters. The van der Waals surface area contributed by atoms with Crippen LogP contribution in [0.2, 0.25) is 0 Å². The zero-order valence-electron chi connectivity index (χ0n) is 19.8. The minimum Gasteiger partial charge on any atom is -0.434 e. The average molecular weight is 485 g/mol. The Balaban J connectivity index is 1.48. The van der Waals surface area contributed by atoms with Gasteiger partial charge in [-0.25, -0.2) is 4.98 Å². The Morgan fingerprint density at radius 2 is 1.94 bits per heavy atom. The highest BCUT2D eigenvalue weighted by atomic mass is 19.3. The van der Waals surface area contributed by atoms with Gasteiger partial charge in [-0.15, -0.1) is 0 Å². The highest BCUT2D eigenvalue weighted by Gasteiger charge is 2.33. The Morgan fingerprint density at radius 1 is 1.20 bits per heavy atom. The second kappa shape index (κ2) is 10.8. The number of fused-ring (bicyclic) bond motifs is 1. The first kappa shape index (κ1) is 24.6. The van der Waals surface area contributed by atoms with Crippen LogP contribution < -0.4 is 10.1 Å². The van der Waals surface area contributed by atoms with E-state index < -0.39 is 18.4 Å². The van der Waals surface area contributed by atoms with Crippen molar-refractivity contribution in [2.45, 2.75) is 45.8 Å². The number of hydrogen-bond donors (Lipinski definition) is 2. The molecule has 1 saturated heterocycles. The third-order valence-corrected chi connectivity index (χ3v) is 6.63. The number of piperidine rings is 1. The summed E-state index contributed by atoms with van der Waals surface area (Å²) in [5, 5.41) is 3.16. The summed E-state index contributed by atoms with van der Waals surface area (Å²) in [6.45, 7) is 1.76.